The number of aromatic amines is 1. The van der Waals surface area contributed by atoms with Crippen LogP contribution in [0.2, 0.25) is 0 Å². The fourth-order valence-corrected chi connectivity index (χ4v) is 7.50. The highest BCUT2D eigenvalue weighted by molar-refractivity contribution is 8.05. The van der Waals surface area contributed by atoms with Crippen LogP contribution in [-0.2, 0) is 14.2 Å². The standard InChI is InChI=1S/C31H33N5O4S2/c1-20-10-12-32-30(34-20)23(19-39-16-15-38-2)35-21-8-9-26-28(17-21)41-27-7-3-5-22(29(27)42-26)25-18-36(13-14-40-25)24-6-4-11-33-31(24)37/h3-12,17,23,25,35H,13-16,18-19H2,1-2H3,(H,33,37). The van der Waals surface area contributed by atoms with Gasteiger partial charge in [0.1, 0.15) is 17.8 Å². The number of nitrogens with zero attached hydrogens (tertiary/aromatic N) is 3. The van der Waals surface area contributed by atoms with Crippen molar-refractivity contribution >= 4 is 34.9 Å². The molecule has 0 amide bonds. The van der Waals surface area contributed by atoms with Crippen LogP contribution in [0.15, 0.2) is 91.4 Å². The summed E-state index contributed by atoms with van der Waals surface area (Å²) in [5, 5.41) is 3.59. The molecule has 0 aliphatic carbocycles. The van der Waals surface area contributed by atoms with Gasteiger partial charge in [0.25, 0.3) is 5.56 Å². The molecule has 2 aliphatic heterocycles. The van der Waals surface area contributed by atoms with E-state index in [1.165, 1.54) is 19.6 Å². The molecule has 2 aromatic carbocycles. The first-order valence-electron chi connectivity index (χ1n) is 13.9. The van der Waals surface area contributed by atoms with Crippen LogP contribution in [0.25, 0.3) is 0 Å². The maximum absolute atomic E-state index is 12.4. The van der Waals surface area contributed by atoms with Gasteiger partial charge in [-0.1, -0.05) is 35.7 Å². The van der Waals surface area contributed by atoms with E-state index in [0.29, 0.717) is 51.0 Å². The van der Waals surface area contributed by atoms with Gasteiger partial charge in [-0.3, -0.25) is 4.79 Å². The molecule has 0 spiro atoms. The predicted octanol–water partition coefficient (Wildman–Crippen LogP) is 5.48. The van der Waals surface area contributed by atoms with Crippen LogP contribution in [0.5, 0.6) is 0 Å². The Labute approximate surface area is 253 Å². The van der Waals surface area contributed by atoms with E-state index in [1.807, 2.05) is 25.1 Å². The second-order valence-corrected chi connectivity index (χ2v) is 12.2. The number of benzene rings is 2. The predicted molar refractivity (Wildman–Crippen MR) is 165 cm³/mol. The third-order valence-corrected chi connectivity index (χ3v) is 9.73. The molecule has 11 heteroatoms. The Kier molecular flexibility index (Phi) is 9.11. The highest BCUT2D eigenvalue weighted by Gasteiger charge is 2.29. The van der Waals surface area contributed by atoms with Gasteiger partial charge in [0.15, 0.2) is 5.82 Å². The molecule has 2 aromatic heterocycles. The number of pyridine rings is 1. The molecule has 4 aromatic rings. The molecule has 0 saturated carbocycles. The Morgan fingerprint density at radius 3 is 2.90 bits per heavy atom. The third kappa shape index (κ3) is 6.50. The Morgan fingerprint density at radius 1 is 1.12 bits per heavy atom. The molecule has 6 rings (SSSR count). The van der Waals surface area contributed by atoms with Gasteiger partial charge in [-0.2, -0.15) is 0 Å². The molecule has 1 fully saturated rings. The number of aryl methyl sites for hydroxylation is 1. The minimum atomic E-state index is -0.205. The Balaban J connectivity index is 1.20. The van der Waals surface area contributed by atoms with Crippen molar-refractivity contribution in [3.05, 3.63) is 94.4 Å². The van der Waals surface area contributed by atoms with Crippen LogP contribution in [0.3, 0.4) is 0 Å². The van der Waals surface area contributed by atoms with E-state index in [1.54, 1.807) is 43.0 Å². The largest absolute Gasteiger partial charge is 0.382 e. The van der Waals surface area contributed by atoms with Crippen LogP contribution in [-0.4, -0.2) is 61.6 Å². The van der Waals surface area contributed by atoms with E-state index >= 15 is 0 Å². The van der Waals surface area contributed by atoms with Gasteiger partial charge in [0.05, 0.1) is 26.4 Å². The molecule has 2 unspecified atom stereocenters. The second-order valence-electron chi connectivity index (χ2n) is 10.1. The van der Waals surface area contributed by atoms with Crippen molar-refractivity contribution < 1.29 is 14.2 Å². The molecule has 2 atom stereocenters. The molecule has 2 N–H and O–H groups in total. The summed E-state index contributed by atoms with van der Waals surface area (Å²) in [6.07, 6.45) is 3.32. The number of ether oxygens (including phenoxy) is 3. The number of nitrogens with one attached hydrogen (secondary N) is 2. The quantitative estimate of drug-likeness (QED) is 0.200. The smallest absolute Gasteiger partial charge is 0.271 e. The maximum Gasteiger partial charge on any atom is 0.271 e. The van der Waals surface area contributed by atoms with E-state index < -0.39 is 0 Å². The summed E-state index contributed by atoms with van der Waals surface area (Å²) in [6, 6.07) is 18.3. The number of morpholine rings is 1. The average Bonchev–Trinajstić information content (AvgIpc) is 3.01. The number of rotatable bonds is 10. The highest BCUT2D eigenvalue weighted by Crippen LogP contribution is 2.52. The van der Waals surface area contributed by atoms with Crippen LogP contribution in [0.1, 0.15) is 29.2 Å². The molecule has 218 valence electrons. The zero-order valence-corrected chi connectivity index (χ0v) is 25.2. The molecule has 9 nitrogen and oxygen atoms in total. The molecule has 1 saturated heterocycles. The second kappa shape index (κ2) is 13.3. The summed E-state index contributed by atoms with van der Waals surface area (Å²) in [7, 11) is 1.66. The van der Waals surface area contributed by atoms with E-state index in [9.17, 15) is 4.79 Å². The number of aromatic nitrogens is 3. The molecule has 0 radical (unpaired) electrons. The van der Waals surface area contributed by atoms with Crippen molar-refractivity contribution in [2.24, 2.45) is 0 Å². The van der Waals surface area contributed by atoms with Crippen molar-refractivity contribution in [3.63, 3.8) is 0 Å². The zero-order valence-electron chi connectivity index (χ0n) is 23.5. The average molecular weight is 604 g/mol. The lowest BCUT2D eigenvalue weighted by Gasteiger charge is -2.35. The maximum atomic E-state index is 12.4. The van der Waals surface area contributed by atoms with Crippen LogP contribution < -0.4 is 15.8 Å². The fraction of sp³-hybridized carbons (Fsp3) is 0.323. The first-order valence-corrected chi connectivity index (χ1v) is 15.5. The summed E-state index contributed by atoms with van der Waals surface area (Å²) in [5.74, 6) is 0.696. The van der Waals surface area contributed by atoms with Gasteiger partial charge < -0.3 is 29.4 Å². The summed E-state index contributed by atoms with van der Waals surface area (Å²) >= 11 is 3.53. The summed E-state index contributed by atoms with van der Waals surface area (Å²) in [6.45, 7) is 5.29. The van der Waals surface area contributed by atoms with Gasteiger partial charge in [-0.25, -0.2) is 9.97 Å². The summed E-state index contributed by atoms with van der Waals surface area (Å²) in [5.41, 5.74) is 3.65. The van der Waals surface area contributed by atoms with E-state index in [4.69, 9.17) is 14.2 Å². The van der Waals surface area contributed by atoms with E-state index in [2.05, 4.69) is 61.6 Å². The number of hydrogen-bond acceptors (Lipinski definition) is 10. The van der Waals surface area contributed by atoms with Crippen molar-refractivity contribution in [1.82, 2.24) is 15.0 Å². The topological polar surface area (TPSA) is 102 Å². The van der Waals surface area contributed by atoms with Gasteiger partial charge in [0.2, 0.25) is 0 Å². The lowest BCUT2D eigenvalue weighted by atomic mass is 10.1. The SMILES string of the molecule is COCCOCC(Nc1ccc2c(c1)Sc1cccc(C3CN(c4ccc[nH]c4=O)CCO3)c1S2)c1nccc(C)n1. The molecule has 42 heavy (non-hydrogen) atoms. The van der Waals surface area contributed by atoms with Gasteiger partial charge in [0, 0.05) is 63.6 Å². The minimum absolute atomic E-state index is 0.0748. The monoisotopic (exact) mass is 603 g/mol. The van der Waals surface area contributed by atoms with Crippen molar-refractivity contribution in [2.45, 2.75) is 38.7 Å². The fourth-order valence-electron chi connectivity index (χ4n) is 5.05. The summed E-state index contributed by atoms with van der Waals surface area (Å²) in [4.78, 5) is 31.3. The van der Waals surface area contributed by atoms with Gasteiger partial charge in [-0.15, -0.1) is 0 Å². The molecule has 4 heterocycles. The number of methoxy groups -OCH3 is 1. The first-order chi connectivity index (χ1) is 20.6. The van der Waals surface area contributed by atoms with Crippen LogP contribution in [0.4, 0.5) is 11.4 Å². The first kappa shape index (κ1) is 28.8. The van der Waals surface area contributed by atoms with Crippen molar-refractivity contribution in [1.29, 1.82) is 0 Å². The van der Waals surface area contributed by atoms with Crippen molar-refractivity contribution in [2.75, 3.05) is 56.8 Å². The number of hydrogen-bond donors (Lipinski definition) is 2. The zero-order chi connectivity index (χ0) is 28.9. The van der Waals surface area contributed by atoms with Crippen LogP contribution in [0, 0.1) is 6.92 Å². The number of anilines is 2. The van der Waals surface area contributed by atoms with Gasteiger partial charge in [-0.05, 0) is 55.0 Å². The lowest BCUT2D eigenvalue weighted by molar-refractivity contribution is 0.0378. The number of fused-ring (bicyclic) bond motifs is 2. The normalized spacial score (nSPS) is 16.9. The Morgan fingerprint density at radius 2 is 2.05 bits per heavy atom. The number of H-pyrrole nitrogens is 1. The minimum Gasteiger partial charge on any atom is -0.382 e. The van der Waals surface area contributed by atoms with Crippen molar-refractivity contribution in [3.8, 4) is 0 Å². The Hall–Kier alpha value is -3.35. The molecular weight excluding hydrogens is 571 g/mol. The summed E-state index contributed by atoms with van der Waals surface area (Å²) < 4.78 is 17.2. The highest BCUT2D eigenvalue weighted by atomic mass is 32.2. The van der Waals surface area contributed by atoms with Gasteiger partial charge >= 0.3 is 0 Å². The molecular formula is C31H33N5O4S2. The molecule has 0 bridgehead atoms. The molecule has 2 aliphatic rings. The van der Waals surface area contributed by atoms with E-state index in [-0.39, 0.29) is 17.7 Å². The third-order valence-electron chi connectivity index (χ3n) is 7.12. The van der Waals surface area contributed by atoms with Crippen LogP contribution >= 0.6 is 23.5 Å². The lowest BCUT2D eigenvalue weighted by Crippen LogP contribution is -2.41. The van der Waals surface area contributed by atoms with E-state index in [0.717, 1.165) is 16.9 Å². The Bertz CT molecular complexity index is 1600.